The Hall–Kier alpha value is -2.62. The number of halogens is 1. The van der Waals surface area contributed by atoms with Crippen molar-refractivity contribution < 1.29 is 13.9 Å². The van der Waals surface area contributed by atoms with E-state index in [1.165, 1.54) is 6.08 Å². The number of ketones is 1. The highest BCUT2D eigenvalue weighted by Crippen LogP contribution is 2.16. The number of carbonyl (C=O) groups is 1. The number of hydrogen-bond donors (Lipinski definition) is 1. The molecule has 0 radical (unpaired) electrons. The van der Waals surface area contributed by atoms with Gasteiger partial charge in [-0.1, -0.05) is 30.3 Å². The van der Waals surface area contributed by atoms with Crippen molar-refractivity contribution in [3.05, 3.63) is 72.4 Å². The van der Waals surface area contributed by atoms with Crippen LogP contribution >= 0.6 is 0 Å². The van der Waals surface area contributed by atoms with E-state index < -0.39 is 0 Å². The van der Waals surface area contributed by atoms with Gasteiger partial charge in [0.2, 0.25) is 0 Å². The van der Waals surface area contributed by atoms with Crippen molar-refractivity contribution in [2.45, 2.75) is 6.42 Å². The fraction of sp³-hybridized carbons (Fsp3) is 0.167. The zero-order valence-corrected chi connectivity index (χ0v) is 12.2. The third kappa shape index (κ3) is 5.05. The van der Waals surface area contributed by atoms with Crippen LogP contribution in [0.2, 0.25) is 0 Å². The van der Waals surface area contributed by atoms with Gasteiger partial charge in [0.25, 0.3) is 0 Å². The van der Waals surface area contributed by atoms with Gasteiger partial charge < -0.3 is 10.1 Å². The van der Waals surface area contributed by atoms with Gasteiger partial charge in [0.05, 0.1) is 13.3 Å². The largest absolute Gasteiger partial charge is 0.493 e. The van der Waals surface area contributed by atoms with Gasteiger partial charge in [-0.25, -0.2) is 0 Å². The maximum Gasteiger partial charge on any atom is 0.187 e. The average molecular weight is 299 g/mol. The average Bonchev–Trinajstić information content (AvgIpc) is 2.57. The predicted octanol–water partition coefficient (Wildman–Crippen LogP) is 4.23. The second-order valence-corrected chi connectivity index (χ2v) is 4.62. The molecule has 0 aliphatic heterocycles. The summed E-state index contributed by atoms with van der Waals surface area (Å²) in [5.41, 5.74) is 1.49. The molecule has 0 saturated carbocycles. The molecule has 0 fully saturated rings. The normalized spacial score (nSPS) is 10.6. The molecule has 0 aromatic heterocycles. The van der Waals surface area contributed by atoms with Gasteiger partial charge >= 0.3 is 0 Å². The van der Waals surface area contributed by atoms with Crippen molar-refractivity contribution >= 4 is 11.5 Å². The van der Waals surface area contributed by atoms with Crippen LogP contribution in [0.25, 0.3) is 0 Å². The van der Waals surface area contributed by atoms with Crippen LogP contribution in [0.5, 0.6) is 5.75 Å². The molecule has 3 nitrogen and oxygen atoms in total. The molecule has 0 spiro atoms. The molecule has 1 N–H and O–H groups in total. The SMILES string of the molecule is O=C(/C=C/Nc1ccc(OCCCF)cc1)c1ccccc1. The maximum absolute atomic E-state index is 12.0. The lowest BCUT2D eigenvalue weighted by atomic mass is 10.1. The number of hydrogen-bond acceptors (Lipinski definition) is 3. The monoisotopic (exact) mass is 299 g/mol. The molecular weight excluding hydrogens is 281 g/mol. The Morgan fingerprint density at radius 1 is 1.09 bits per heavy atom. The van der Waals surface area contributed by atoms with Gasteiger partial charge in [0.1, 0.15) is 5.75 Å². The number of anilines is 1. The van der Waals surface area contributed by atoms with Crippen LogP contribution < -0.4 is 10.1 Å². The summed E-state index contributed by atoms with van der Waals surface area (Å²) in [7, 11) is 0. The first kappa shape index (κ1) is 15.8. The van der Waals surface area contributed by atoms with E-state index in [9.17, 15) is 9.18 Å². The van der Waals surface area contributed by atoms with Crippen LogP contribution in [0, 0.1) is 0 Å². The highest BCUT2D eigenvalue weighted by atomic mass is 19.1. The number of ether oxygens (including phenoxy) is 1. The van der Waals surface area contributed by atoms with E-state index in [0.29, 0.717) is 24.3 Å². The van der Waals surface area contributed by atoms with E-state index in [0.717, 1.165) is 5.69 Å². The predicted molar refractivity (Wildman–Crippen MR) is 86.1 cm³/mol. The summed E-state index contributed by atoms with van der Waals surface area (Å²) in [5, 5.41) is 3.02. The number of allylic oxidation sites excluding steroid dienone is 1. The summed E-state index contributed by atoms with van der Waals surface area (Å²) >= 11 is 0. The topological polar surface area (TPSA) is 38.3 Å². The molecule has 114 valence electrons. The van der Waals surface area contributed by atoms with Crippen LogP contribution in [0.3, 0.4) is 0 Å². The van der Waals surface area contributed by atoms with Crippen molar-refractivity contribution in [2.75, 3.05) is 18.6 Å². The van der Waals surface area contributed by atoms with Crippen molar-refractivity contribution in [1.29, 1.82) is 0 Å². The molecule has 22 heavy (non-hydrogen) atoms. The smallest absolute Gasteiger partial charge is 0.187 e. The Labute approximate surface area is 129 Å². The minimum Gasteiger partial charge on any atom is -0.493 e. The Kier molecular flexibility index (Phi) is 6.18. The summed E-state index contributed by atoms with van der Waals surface area (Å²) in [5.74, 6) is 0.641. The molecule has 0 unspecified atom stereocenters. The third-order valence-corrected chi connectivity index (χ3v) is 2.94. The fourth-order valence-electron chi connectivity index (χ4n) is 1.80. The van der Waals surface area contributed by atoms with E-state index in [1.807, 2.05) is 30.3 Å². The van der Waals surface area contributed by atoms with Gasteiger partial charge in [-0.3, -0.25) is 9.18 Å². The number of carbonyl (C=O) groups excluding carboxylic acids is 1. The van der Waals surface area contributed by atoms with Crippen molar-refractivity contribution in [1.82, 2.24) is 0 Å². The highest BCUT2D eigenvalue weighted by Gasteiger charge is 1.99. The molecule has 2 aromatic carbocycles. The first-order valence-electron chi connectivity index (χ1n) is 7.11. The zero-order valence-electron chi connectivity index (χ0n) is 12.2. The summed E-state index contributed by atoms with van der Waals surface area (Å²) in [6, 6.07) is 16.3. The maximum atomic E-state index is 12.0. The van der Waals surface area contributed by atoms with Crippen LogP contribution in [-0.2, 0) is 0 Å². The van der Waals surface area contributed by atoms with Gasteiger partial charge in [-0.05, 0) is 24.3 Å². The molecule has 0 bridgehead atoms. The molecule has 0 atom stereocenters. The van der Waals surface area contributed by atoms with Crippen LogP contribution in [0.15, 0.2) is 66.9 Å². The first-order valence-corrected chi connectivity index (χ1v) is 7.11. The lowest BCUT2D eigenvalue weighted by Gasteiger charge is -2.06. The zero-order chi connectivity index (χ0) is 15.6. The second kappa shape index (κ2) is 8.62. The molecule has 0 amide bonds. The van der Waals surface area contributed by atoms with Gasteiger partial charge in [-0.2, -0.15) is 0 Å². The molecule has 2 aromatic rings. The molecule has 0 aliphatic rings. The Bertz CT molecular complexity index is 609. The van der Waals surface area contributed by atoms with Crippen molar-refractivity contribution in [3.8, 4) is 5.75 Å². The Morgan fingerprint density at radius 3 is 2.50 bits per heavy atom. The molecule has 4 heteroatoms. The first-order chi connectivity index (χ1) is 10.8. The fourth-order valence-corrected chi connectivity index (χ4v) is 1.80. The molecule has 0 saturated heterocycles. The standard InChI is InChI=1S/C18H18FNO2/c19-12-4-14-22-17-9-7-16(8-10-17)20-13-11-18(21)15-5-2-1-3-6-15/h1-3,5-11,13,20H,4,12,14H2/b13-11+. The number of alkyl halides is 1. The van der Waals surface area contributed by atoms with E-state index in [4.69, 9.17) is 4.74 Å². The van der Waals surface area contributed by atoms with Gasteiger partial charge in [0, 0.05) is 29.9 Å². The summed E-state index contributed by atoms with van der Waals surface area (Å²) in [6.07, 6.45) is 3.49. The highest BCUT2D eigenvalue weighted by molar-refractivity contribution is 6.04. The summed E-state index contributed by atoms with van der Waals surface area (Å²) in [6.45, 7) is -0.00533. The van der Waals surface area contributed by atoms with Crippen LogP contribution in [0.1, 0.15) is 16.8 Å². The van der Waals surface area contributed by atoms with Crippen molar-refractivity contribution in [3.63, 3.8) is 0 Å². The van der Waals surface area contributed by atoms with E-state index >= 15 is 0 Å². The number of rotatable bonds is 8. The van der Waals surface area contributed by atoms with Crippen molar-refractivity contribution in [2.24, 2.45) is 0 Å². The third-order valence-electron chi connectivity index (χ3n) is 2.94. The summed E-state index contributed by atoms with van der Waals surface area (Å²) in [4.78, 5) is 11.9. The Morgan fingerprint density at radius 2 is 1.82 bits per heavy atom. The van der Waals surface area contributed by atoms with Crippen LogP contribution in [-0.4, -0.2) is 19.1 Å². The molecule has 0 heterocycles. The molecule has 0 aliphatic carbocycles. The van der Waals surface area contributed by atoms with Gasteiger partial charge in [-0.15, -0.1) is 0 Å². The molecule has 2 rings (SSSR count). The van der Waals surface area contributed by atoms with Crippen LogP contribution in [0.4, 0.5) is 10.1 Å². The molecular formula is C18H18FNO2. The lowest BCUT2D eigenvalue weighted by Crippen LogP contribution is -1.98. The second-order valence-electron chi connectivity index (χ2n) is 4.62. The number of nitrogens with one attached hydrogen (secondary N) is 1. The van der Waals surface area contributed by atoms with E-state index in [1.54, 1.807) is 30.5 Å². The van der Waals surface area contributed by atoms with Gasteiger partial charge in [0.15, 0.2) is 5.78 Å². The lowest BCUT2D eigenvalue weighted by molar-refractivity contribution is 0.104. The number of benzene rings is 2. The quantitative estimate of drug-likeness (QED) is 0.450. The van der Waals surface area contributed by atoms with E-state index in [2.05, 4.69) is 5.32 Å². The summed E-state index contributed by atoms with van der Waals surface area (Å²) < 4.78 is 17.3. The Balaban J connectivity index is 1.83. The van der Waals surface area contributed by atoms with E-state index in [-0.39, 0.29) is 12.5 Å². The minimum absolute atomic E-state index is 0.0562. The minimum atomic E-state index is -0.375.